The molecule has 0 aliphatic heterocycles. The molecular formula is C15H23ClN2O2. The predicted octanol–water partition coefficient (Wildman–Crippen LogP) is 2.36. The smallest absolute Gasteiger partial charge is 0.255 e. The van der Waals surface area contributed by atoms with Gasteiger partial charge in [0.1, 0.15) is 5.75 Å². The molecule has 0 heterocycles. The summed E-state index contributed by atoms with van der Waals surface area (Å²) in [6, 6.07) is 7.36. The first-order valence-electron chi connectivity index (χ1n) is 6.87. The van der Waals surface area contributed by atoms with E-state index in [1.165, 1.54) is 12.8 Å². The first kappa shape index (κ1) is 16.8. The Morgan fingerprint density at radius 2 is 2.05 bits per heavy atom. The van der Waals surface area contributed by atoms with Gasteiger partial charge in [0, 0.05) is 12.6 Å². The molecule has 1 amide bonds. The number of nitrogens with one attached hydrogen (secondary N) is 1. The Hall–Kier alpha value is -1.26. The summed E-state index contributed by atoms with van der Waals surface area (Å²) in [5.41, 5.74) is 6.55. The van der Waals surface area contributed by atoms with Gasteiger partial charge in [0.05, 0.1) is 11.7 Å². The molecule has 5 heteroatoms. The Kier molecular flexibility index (Phi) is 6.30. The molecule has 4 nitrogen and oxygen atoms in total. The van der Waals surface area contributed by atoms with Gasteiger partial charge in [-0.25, -0.2) is 0 Å². The number of ether oxygens (including phenoxy) is 1. The molecule has 2 rings (SSSR count). The molecule has 1 saturated carbocycles. The second kappa shape index (κ2) is 7.50. The zero-order chi connectivity index (χ0) is 13.8. The van der Waals surface area contributed by atoms with E-state index in [2.05, 4.69) is 5.32 Å². The molecule has 112 valence electrons. The molecule has 3 N–H and O–H groups in total. The average molecular weight is 299 g/mol. The molecule has 0 bridgehead atoms. The summed E-state index contributed by atoms with van der Waals surface area (Å²) < 4.78 is 5.64. The zero-order valence-electron chi connectivity index (χ0n) is 12.0. The Labute approximate surface area is 126 Å². The number of halogens is 1. The topological polar surface area (TPSA) is 64.3 Å². The number of amides is 1. The van der Waals surface area contributed by atoms with Gasteiger partial charge in [0.25, 0.3) is 5.91 Å². The van der Waals surface area contributed by atoms with Crippen LogP contribution >= 0.6 is 12.4 Å². The van der Waals surface area contributed by atoms with Crippen LogP contribution in [0.25, 0.3) is 0 Å². The molecule has 1 aliphatic carbocycles. The van der Waals surface area contributed by atoms with Gasteiger partial charge in [0.2, 0.25) is 0 Å². The minimum atomic E-state index is -0.118. The van der Waals surface area contributed by atoms with E-state index >= 15 is 0 Å². The van der Waals surface area contributed by atoms with Crippen molar-refractivity contribution in [3.8, 4) is 5.75 Å². The highest BCUT2D eigenvalue weighted by Crippen LogP contribution is 2.31. The summed E-state index contributed by atoms with van der Waals surface area (Å²) in [6.45, 7) is 4.41. The van der Waals surface area contributed by atoms with Crippen LogP contribution in [0.2, 0.25) is 0 Å². The molecule has 1 unspecified atom stereocenters. The Balaban J connectivity index is 0.00000200. The number of rotatable bonds is 6. The number of carbonyl (C=O) groups excluding carboxylic acids is 1. The lowest BCUT2D eigenvalue weighted by Gasteiger charge is -2.15. The Morgan fingerprint density at radius 3 is 2.65 bits per heavy atom. The van der Waals surface area contributed by atoms with Crippen molar-refractivity contribution < 1.29 is 9.53 Å². The summed E-state index contributed by atoms with van der Waals surface area (Å²) in [4.78, 5) is 12.1. The standard InChI is InChI=1S/C15H22N2O2.ClH/c1-10(2)19-14-6-4-3-5-12(14)15(18)17-9-13(16)11-7-8-11;/h3-6,10-11,13H,7-9,16H2,1-2H3,(H,17,18);1H. The summed E-state index contributed by atoms with van der Waals surface area (Å²) in [5, 5.41) is 2.89. The second-order valence-electron chi connectivity index (χ2n) is 5.37. The third-order valence-corrected chi connectivity index (χ3v) is 3.22. The SMILES string of the molecule is CC(C)Oc1ccccc1C(=O)NCC(N)C1CC1.Cl. The van der Waals surface area contributed by atoms with Crippen LogP contribution in [0.15, 0.2) is 24.3 Å². The van der Waals surface area contributed by atoms with E-state index in [0.29, 0.717) is 23.8 Å². The van der Waals surface area contributed by atoms with Crippen molar-refractivity contribution in [3.63, 3.8) is 0 Å². The second-order valence-corrected chi connectivity index (χ2v) is 5.37. The molecule has 0 aromatic heterocycles. The van der Waals surface area contributed by atoms with Crippen molar-refractivity contribution >= 4 is 18.3 Å². The molecule has 0 radical (unpaired) electrons. The van der Waals surface area contributed by atoms with Gasteiger partial charge < -0.3 is 15.8 Å². The molecule has 1 aliphatic rings. The highest BCUT2D eigenvalue weighted by Gasteiger charge is 2.28. The lowest BCUT2D eigenvalue weighted by atomic mass is 10.1. The van der Waals surface area contributed by atoms with Gasteiger partial charge in [-0.15, -0.1) is 12.4 Å². The minimum absolute atomic E-state index is 0. The molecular weight excluding hydrogens is 276 g/mol. The highest BCUT2D eigenvalue weighted by molar-refractivity contribution is 5.96. The van der Waals surface area contributed by atoms with Crippen LogP contribution < -0.4 is 15.8 Å². The minimum Gasteiger partial charge on any atom is -0.490 e. The lowest BCUT2D eigenvalue weighted by Crippen LogP contribution is -2.38. The fourth-order valence-electron chi connectivity index (χ4n) is 2.01. The first-order chi connectivity index (χ1) is 9.08. The molecule has 1 aromatic carbocycles. The monoisotopic (exact) mass is 298 g/mol. The van der Waals surface area contributed by atoms with E-state index < -0.39 is 0 Å². The van der Waals surface area contributed by atoms with Gasteiger partial charge in [-0.3, -0.25) is 4.79 Å². The van der Waals surface area contributed by atoms with Gasteiger partial charge in [-0.05, 0) is 44.7 Å². The maximum atomic E-state index is 12.1. The van der Waals surface area contributed by atoms with Crippen molar-refractivity contribution in [3.05, 3.63) is 29.8 Å². The van der Waals surface area contributed by atoms with Crippen LogP contribution in [0.4, 0.5) is 0 Å². The largest absolute Gasteiger partial charge is 0.490 e. The van der Waals surface area contributed by atoms with Crippen molar-refractivity contribution in [1.29, 1.82) is 0 Å². The molecule has 1 aromatic rings. The molecule has 1 atom stereocenters. The number of para-hydroxylation sites is 1. The highest BCUT2D eigenvalue weighted by atomic mass is 35.5. The van der Waals surface area contributed by atoms with Crippen molar-refractivity contribution in [2.24, 2.45) is 11.7 Å². The maximum absolute atomic E-state index is 12.1. The summed E-state index contributed by atoms with van der Waals surface area (Å²) in [7, 11) is 0. The van der Waals surface area contributed by atoms with E-state index in [1.54, 1.807) is 6.07 Å². The molecule has 0 saturated heterocycles. The van der Waals surface area contributed by atoms with E-state index in [9.17, 15) is 4.79 Å². The predicted molar refractivity (Wildman–Crippen MR) is 82.5 cm³/mol. The van der Waals surface area contributed by atoms with E-state index in [1.807, 2.05) is 32.0 Å². The lowest BCUT2D eigenvalue weighted by molar-refractivity contribution is 0.0944. The van der Waals surface area contributed by atoms with Crippen molar-refractivity contribution in [1.82, 2.24) is 5.32 Å². The van der Waals surface area contributed by atoms with Crippen LogP contribution in [0.3, 0.4) is 0 Å². The number of carbonyl (C=O) groups is 1. The Bertz CT molecular complexity index is 447. The summed E-state index contributed by atoms with van der Waals surface area (Å²) in [6.07, 6.45) is 2.41. The van der Waals surface area contributed by atoms with Gasteiger partial charge >= 0.3 is 0 Å². The zero-order valence-corrected chi connectivity index (χ0v) is 12.8. The molecule has 20 heavy (non-hydrogen) atoms. The third kappa shape index (κ3) is 4.69. The van der Waals surface area contributed by atoms with Crippen LogP contribution in [0.1, 0.15) is 37.0 Å². The molecule has 1 fully saturated rings. The maximum Gasteiger partial charge on any atom is 0.255 e. The average Bonchev–Trinajstić information content (AvgIpc) is 3.19. The van der Waals surface area contributed by atoms with Crippen molar-refractivity contribution in [2.75, 3.05) is 6.54 Å². The first-order valence-corrected chi connectivity index (χ1v) is 6.87. The van der Waals surface area contributed by atoms with E-state index in [4.69, 9.17) is 10.5 Å². The van der Waals surface area contributed by atoms with Crippen LogP contribution in [0, 0.1) is 5.92 Å². The third-order valence-electron chi connectivity index (χ3n) is 3.22. The van der Waals surface area contributed by atoms with E-state index in [0.717, 1.165) is 0 Å². The van der Waals surface area contributed by atoms with E-state index in [-0.39, 0.29) is 30.5 Å². The van der Waals surface area contributed by atoms with Crippen molar-refractivity contribution in [2.45, 2.75) is 38.8 Å². The van der Waals surface area contributed by atoms with Gasteiger partial charge in [-0.2, -0.15) is 0 Å². The number of benzene rings is 1. The number of nitrogens with two attached hydrogens (primary N) is 1. The van der Waals surface area contributed by atoms with Crippen LogP contribution in [-0.2, 0) is 0 Å². The normalized spacial score (nSPS) is 15.4. The quantitative estimate of drug-likeness (QED) is 0.847. The summed E-state index contributed by atoms with van der Waals surface area (Å²) in [5.74, 6) is 1.09. The molecule has 0 spiro atoms. The summed E-state index contributed by atoms with van der Waals surface area (Å²) >= 11 is 0. The number of hydrogen-bond acceptors (Lipinski definition) is 3. The fourth-order valence-corrected chi connectivity index (χ4v) is 2.01. The van der Waals surface area contributed by atoms with Gasteiger partial charge in [-0.1, -0.05) is 12.1 Å². The van der Waals surface area contributed by atoms with Crippen LogP contribution in [-0.4, -0.2) is 24.6 Å². The number of hydrogen-bond donors (Lipinski definition) is 2. The fraction of sp³-hybridized carbons (Fsp3) is 0.533. The van der Waals surface area contributed by atoms with Crippen LogP contribution in [0.5, 0.6) is 5.75 Å². The van der Waals surface area contributed by atoms with Gasteiger partial charge in [0.15, 0.2) is 0 Å². The Morgan fingerprint density at radius 1 is 1.40 bits per heavy atom.